The third kappa shape index (κ3) is 3.97. The fourth-order valence-electron chi connectivity index (χ4n) is 3.72. The van der Waals surface area contributed by atoms with Crippen molar-refractivity contribution < 1.29 is 13.2 Å². The van der Waals surface area contributed by atoms with Crippen LogP contribution in [0.5, 0.6) is 0 Å². The summed E-state index contributed by atoms with van der Waals surface area (Å²) in [6.45, 7) is 2.71. The van der Waals surface area contributed by atoms with Gasteiger partial charge in [-0.15, -0.1) is 0 Å². The van der Waals surface area contributed by atoms with Gasteiger partial charge in [-0.05, 0) is 53.4 Å². The second-order valence-electron chi connectivity index (χ2n) is 7.32. The number of allylic oxidation sites excluding steroid dienone is 2. The van der Waals surface area contributed by atoms with Gasteiger partial charge in [0, 0.05) is 12.0 Å². The lowest BCUT2D eigenvalue weighted by Crippen LogP contribution is -2.21. The van der Waals surface area contributed by atoms with Crippen molar-refractivity contribution in [2.75, 3.05) is 6.54 Å². The van der Waals surface area contributed by atoms with Gasteiger partial charge < -0.3 is 5.32 Å². The molecule has 0 amide bonds. The molecule has 3 aromatic carbocycles. The predicted molar refractivity (Wildman–Crippen MR) is 107 cm³/mol. The first kappa shape index (κ1) is 18.8. The number of alkyl halides is 3. The van der Waals surface area contributed by atoms with E-state index in [0.29, 0.717) is 24.4 Å². The van der Waals surface area contributed by atoms with E-state index < -0.39 is 11.7 Å². The van der Waals surface area contributed by atoms with Gasteiger partial charge in [0.15, 0.2) is 0 Å². The number of benzene rings is 3. The van der Waals surface area contributed by atoms with Crippen LogP contribution in [0.3, 0.4) is 0 Å². The van der Waals surface area contributed by atoms with E-state index in [0.717, 1.165) is 6.07 Å². The molecule has 1 aliphatic carbocycles. The molecular formula is C24H22F3N. The minimum absolute atomic E-state index is 0.108. The quantitative estimate of drug-likeness (QED) is 0.487. The van der Waals surface area contributed by atoms with E-state index in [4.69, 9.17) is 0 Å². The van der Waals surface area contributed by atoms with Crippen LogP contribution in [-0.2, 0) is 12.6 Å². The Hall–Kier alpha value is -2.59. The number of hydrogen-bond donors (Lipinski definition) is 1. The van der Waals surface area contributed by atoms with E-state index in [9.17, 15) is 13.2 Å². The summed E-state index contributed by atoms with van der Waals surface area (Å²) in [6, 6.07) is 18.4. The Labute approximate surface area is 162 Å². The van der Waals surface area contributed by atoms with Gasteiger partial charge in [0.2, 0.25) is 0 Å². The molecule has 0 unspecified atom stereocenters. The van der Waals surface area contributed by atoms with Crippen molar-refractivity contribution in [1.82, 2.24) is 5.32 Å². The van der Waals surface area contributed by atoms with Crippen LogP contribution in [0.2, 0.25) is 0 Å². The van der Waals surface area contributed by atoms with Crippen LogP contribution >= 0.6 is 0 Å². The summed E-state index contributed by atoms with van der Waals surface area (Å²) in [5.74, 6) is 0.447. The molecule has 28 heavy (non-hydrogen) atoms. The maximum absolute atomic E-state index is 12.9. The summed E-state index contributed by atoms with van der Waals surface area (Å²) < 4.78 is 38.6. The lowest BCUT2D eigenvalue weighted by Gasteiger charge is -2.18. The molecule has 4 heteroatoms. The van der Waals surface area contributed by atoms with E-state index in [1.807, 2.05) is 6.07 Å². The Morgan fingerprint density at radius 1 is 0.929 bits per heavy atom. The molecule has 4 rings (SSSR count). The normalized spacial score (nSPS) is 15.1. The van der Waals surface area contributed by atoms with Gasteiger partial charge in [-0.25, -0.2) is 0 Å². The molecule has 1 nitrogen and oxygen atoms in total. The Morgan fingerprint density at radius 3 is 2.39 bits per heavy atom. The second-order valence-corrected chi connectivity index (χ2v) is 7.32. The highest BCUT2D eigenvalue weighted by Crippen LogP contribution is 2.37. The minimum Gasteiger partial charge on any atom is -0.310 e. The van der Waals surface area contributed by atoms with Crippen molar-refractivity contribution in [3.8, 4) is 0 Å². The van der Waals surface area contributed by atoms with Crippen molar-refractivity contribution in [1.29, 1.82) is 0 Å². The van der Waals surface area contributed by atoms with E-state index in [-0.39, 0.29) is 6.04 Å². The van der Waals surface area contributed by atoms with Crippen LogP contribution in [0.4, 0.5) is 13.2 Å². The van der Waals surface area contributed by atoms with Gasteiger partial charge in [0.25, 0.3) is 0 Å². The van der Waals surface area contributed by atoms with Crippen molar-refractivity contribution >= 4 is 10.8 Å². The molecule has 0 saturated heterocycles. The maximum Gasteiger partial charge on any atom is 0.416 e. The number of halogens is 3. The molecular weight excluding hydrogens is 359 g/mol. The highest BCUT2D eigenvalue weighted by Gasteiger charge is 2.30. The highest BCUT2D eigenvalue weighted by atomic mass is 19.4. The Kier molecular flexibility index (Phi) is 4.98. The minimum atomic E-state index is -4.30. The lowest BCUT2D eigenvalue weighted by atomic mass is 9.93. The van der Waals surface area contributed by atoms with E-state index in [1.165, 1.54) is 34.0 Å². The van der Waals surface area contributed by atoms with E-state index in [2.05, 4.69) is 54.7 Å². The Balaban J connectivity index is 1.46. The van der Waals surface area contributed by atoms with Gasteiger partial charge in [0.05, 0.1) is 5.56 Å². The first-order valence-corrected chi connectivity index (χ1v) is 9.53. The van der Waals surface area contributed by atoms with Crippen molar-refractivity contribution in [2.24, 2.45) is 0 Å². The van der Waals surface area contributed by atoms with E-state index in [1.54, 1.807) is 6.07 Å². The highest BCUT2D eigenvalue weighted by molar-refractivity contribution is 5.90. The fourth-order valence-corrected chi connectivity index (χ4v) is 3.72. The number of hydrogen-bond acceptors (Lipinski definition) is 1. The van der Waals surface area contributed by atoms with Gasteiger partial charge in [0.1, 0.15) is 0 Å². The van der Waals surface area contributed by atoms with Crippen LogP contribution in [0.15, 0.2) is 72.8 Å². The van der Waals surface area contributed by atoms with Crippen molar-refractivity contribution in [2.45, 2.75) is 31.5 Å². The zero-order chi connectivity index (χ0) is 19.7. The van der Waals surface area contributed by atoms with Gasteiger partial charge in [-0.2, -0.15) is 13.2 Å². The number of fused-ring (bicyclic) bond motifs is 1. The summed E-state index contributed by atoms with van der Waals surface area (Å²) in [7, 11) is 0. The van der Waals surface area contributed by atoms with Crippen molar-refractivity contribution in [3.63, 3.8) is 0 Å². The topological polar surface area (TPSA) is 12.0 Å². The zero-order valence-corrected chi connectivity index (χ0v) is 15.6. The van der Waals surface area contributed by atoms with Crippen LogP contribution in [0.25, 0.3) is 10.8 Å². The standard InChI is InChI=1S/C24H22F3N/c1-16(28-14-13-17-5-4-6-19(15-17)24(25,26)27)20-11-12-21(18-9-10-18)23-8-3-2-7-22(20)23/h2-12,15-16,18,28H,13-14H2,1H3/t16-/m1/s1. The molecule has 0 heterocycles. The van der Waals surface area contributed by atoms with Crippen molar-refractivity contribution in [3.05, 3.63) is 95.1 Å². The maximum atomic E-state index is 12.9. The first-order chi connectivity index (χ1) is 13.4. The zero-order valence-electron chi connectivity index (χ0n) is 15.6. The molecule has 1 aliphatic rings. The largest absolute Gasteiger partial charge is 0.416 e. The average Bonchev–Trinajstić information content (AvgIpc) is 3.52. The monoisotopic (exact) mass is 381 g/mol. The second kappa shape index (κ2) is 7.44. The van der Waals surface area contributed by atoms with Gasteiger partial charge in [-0.3, -0.25) is 0 Å². The third-order valence-electron chi connectivity index (χ3n) is 5.32. The number of rotatable bonds is 6. The van der Waals surface area contributed by atoms with Crippen LogP contribution in [-0.4, -0.2) is 6.54 Å². The predicted octanol–water partition coefficient (Wildman–Crippen LogP) is 6.41. The molecule has 1 N–H and O–H groups in total. The Bertz CT molecular complexity index is 1010. The summed E-state index contributed by atoms with van der Waals surface area (Å²) >= 11 is 0. The SMILES string of the molecule is C[C@@H](NCCc1cccc(C(F)(F)F)c1)c1ccc(C2C=C2)c2ccccc12. The van der Waals surface area contributed by atoms with Crippen LogP contribution < -0.4 is 5.32 Å². The van der Waals surface area contributed by atoms with Crippen LogP contribution in [0, 0.1) is 0 Å². The molecule has 0 saturated carbocycles. The third-order valence-corrected chi connectivity index (χ3v) is 5.32. The first-order valence-electron chi connectivity index (χ1n) is 9.53. The molecule has 0 fully saturated rings. The molecule has 1 atom stereocenters. The summed E-state index contributed by atoms with van der Waals surface area (Å²) in [5, 5.41) is 5.96. The average molecular weight is 381 g/mol. The lowest BCUT2D eigenvalue weighted by molar-refractivity contribution is -0.137. The van der Waals surface area contributed by atoms with Gasteiger partial charge in [-0.1, -0.05) is 66.7 Å². The molecule has 0 radical (unpaired) electrons. The van der Waals surface area contributed by atoms with E-state index >= 15 is 0 Å². The Morgan fingerprint density at radius 2 is 1.68 bits per heavy atom. The van der Waals surface area contributed by atoms with Gasteiger partial charge >= 0.3 is 6.18 Å². The molecule has 0 aromatic heterocycles. The fraction of sp³-hybridized carbons (Fsp3) is 0.250. The summed E-state index contributed by atoms with van der Waals surface area (Å²) in [5.41, 5.74) is 2.64. The molecule has 3 aromatic rings. The summed E-state index contributed by atoms with van der Waals surface area (Å²) in [4.78, 5) is 0. The number of nitrogens with one attached hydrogen (secondary N) is 1. The molecule has 0 aliphatic heterocycles. The smallest absolute Gasteiger partial charge is 0.310 e. The van der Waals surface area contributed by atoms with Crippen LogP contribution in [0.1, 0.15) is 41.1 Å². The summed E-state index contributed by atoms with van der Waals surface area (Å²) in [6.07, 6.45) is 0.639. The molecule has 144 valence electrons. The molecule has 0 spiro atoms. The molecule has 0 bridgehead atoms.